The van der Waals surface area contributed by atoms with Crippen LogP contribution < -0.4 is 0 Å². The summed E-state index contributed by atoms with van der Waals surface area (Å²) in [4.78, 5) is 11.6. The van der Waals surface area contributed by atoms with Crippen molar-refractivity contribution in [3.63, 3.8) is 0 Å². The van der Waals surface area contributed by atoms with Gasteiger partial charge in [0.1, 0.15) is 6.61 Å². The van der Waals surface area contributed by atoms with Crippen molar-refractivity contribution in [1.29, 1.82) is 0 Å². The number of ether oxygens (including phenoxy) is 1. The van der Waals surface area contributed by atoms with E-state index in [0.717, 1.165) is 17.5 Å². The zero-order valence-corrected chi connectivity index (χ0v) is 11.1. The first-order chi connectivity index (χ1) is 9.24. The predicted octanol–water partition coefficient (Wildman–Crippen LogP) is 3.67. The number of carbonyl (C=O) groups excluding carboxylic acids is 1. The van der Waals surface area contributed by atoms with Crippen molar-refractivity contribution < 1.29 is 9.53 Å². The summed E-state index contributed by atoms with van der Waals surface area (Å²) in [5.74, 6) is -0.149. The minimum Gasteiger partial charge on any atom is -0.461 e. The molecule has 0 aliphatic rings. The highest BCUT2D eigenvalue weighted by atomic mass is 16.5. The van der Waals surface area contributed by atoms with E-state index >= 15 is 0 Å². The Balaban J connectivity index is 1.74. The van der Waals surface area contributed by atoms with Crippen LogP contribution in [0.5, 0.6) is 0 Å². The highest BCUT2D eigenvalue weighted by Gasteiger charge is 2.04. The first kappa shape index (κ1) is 13.3. The summed E-state index contributed by atoms with van der Waals surface area (Å²) < 4.78 is 5.25. The van der Waals surface area contributed by atoms with Crippen LogP contribution in [0.15, 0.2) is 54.6 Å². The molecule has 0 fully saturated rings. The average molecular weight is 254 g/mol. The molecule has 2 aromatic rings. The van der Waals surface area contributed by atoms with E-state index in [0.29, 0.717) is 13.0 Å². The first-order valence-electron chi connectivity index (χ1n) is 6.49. The van der Waals surface area contributed by atoms with Crippen LogP contribution >= 0.6 is 0 Å². The van der Waals surface area contributed by atoms with Crippen LogP contribution in [0, 0.1) is 6.92 Å². The molecule has 2 rings (SSSR count). The molecule has 0 heterocycles. The largest absolute Gasteiger partial charge is 0.461 e. The minimum absolute atomic E-state index is 0.149. The fourth-order valence-electron chi connectivity index (χ4n) is 1.81. The second-order valence-corrected chi connectivity index (χ2v) is 4.63. The topological polar surface area (TPSA) is 26.3 Å². The Bertz CT molecular complexity index is 515. The summed E-state index contributed by atoms with van der Waals surface area (Å²) >= 11 is 0. The first-order valence-corrected chi connectivity index (χ1v) is 6.49. The van der Waals surface area contributed by atoms with Crippen LogP contribution in [0.2, 0.25) is 0 Å². The zero-order chi connectivity index (χ0) is 13.5. The Morgan fingerprint density at radius 1 is 0.947 bits per heavy atom. The van der Waals surface area contributed by atoms with Gasteiger partial charge in [-0.05, 0) is 24.5 Å². The molecule has 0 N–H and O–H groups in total. The van der Waals surface area contributed by atoms with Gasteiger partial charge < -0.3 is 4.74 Å². The van der Waals surface area contributed by atoms with Gasteiger partial charge in [0.05, 0.1) is 0 Å². The molecule has 0 saturated carbocycles. The Labute approximate surface area is 114 Å². The van der Waals surface area contributed by atoms with Gasteiger partial charge in [0.15, 0.2) is 0 Å². The number of aryl methyl sites for hydroxylation is 2. The molecular formula is C17H18O2. The molecule has 0 amide bonds. The van der Waals surface area contributed by atoms with Crippen molar-refractivity contribution >= 4 is 5.97 Å². The van der Waals surface area contributed by atoms with Gasteiger partial charge in [0.25, 0.3) is 0 Å². The number of hydrogen-bond donors (Lipinski definition) is 0. The molecular weight excluding hydrogens is 236 g/mol. The van der Waals surface area contributed by atoms with Crippen LogP contribution in [-0.4, -0.2) is 5.97 Å². The summed E-state index contributed by atoms with van der Waals surface area (Å²) in [6, 6.07) is 18.0. The van der Waals surface area contributed by atoms with E-state index in [1.54, 1.807) is 0 Å². The number of carbonyl (C=O) groups is 1. The second kappa shape index (κ2) is 6.74. The van der Waals surface area contributed by atoms with E-state index in [1.165, 1.54) is 5.56 Å². The van der Waals surface area contributed by atoms with E-state index in [1.807, 2.05) is 61.5 Å². The SMILES string of the molecule is Cc1ccc(COC(=O)CCc2ccccc2)cc1. The highest BCUT2D eigenvalue weighted by Crippen LogP contribution is 2.07. The van der Waals surface area contributed by atoms with Crippen molar-refractivity contribution in [2.75, 3.05) is 0 Å². The molecule has 0 aliphatic carbocycles. The Hall–Kier alpha value is -2.09. The number of rotatable bonds is 5. The fourth-order valence-corrected chi connectivity index (χ4v) is 1.81. The summed E-state index contributed by atoms with van der Waals surface area (Å²) in [6.45, 7) is 2.39. The third kappa shape index (κ3) is 4.59. The third-order valence-electron chi connectivity index (χ3n) is 2.98. The molecule has 0 saturated heterocycles. The van der Waals surface area contributed by atoms with Gasteiger partial charge in [-0.25, -0.2) is 0 Å². The van der Waals surface area contributed by atoms with E-state index in [4.69, 9.17) is 4.74 Å². The highest BCUT2D eigenvalue weighted by molar-refractivity contribution is 5.69. The maximum Gasteiger partial charge on any atom is 0.306 e. The van der Waals surface area contributed by atoms with Crippen LogP contribution in [0.3, 0.4) is 0 Å². The molecule has 0 aliphatic heterocycles. The summed E-state index contributed by atoms with van der Waals surface area (Å²) in [6.07, 6.45) is 1.16. The Morgan fingerprint density at radius 3 is 2.32 bits per heavy atom. The zero-order valence-electron chi connectivity index (χ0n) is 11.1. The molecule has 2 aromatic carbocycles. The quantitative estimate of drug-likeness (QED) is 0.761. The van der Waals surface area contributed by atoms with Gasteiger partial charge in [-0.15, -0.1) is 0 Å². The van der Waals surface area contributed by atoms with E-state index in [2.05, 4.69) is 0 Å². The molecule has 0 spiro atoms. The lowest BCUT2D eigenvalue weighted by Crippen LogP contribution is -2.05. The molecule has 98 valence electrons. The average Bonchev–Trinajstić information content (AvgIpc) is 2.45. The molecule has 0 unspecified atom stereocenters. The summed E-state index contributed by atoms with van der Waals surface area (Å²) in [5, 5.41) is 0. The number of benzene rings is 2. The maximum absolute atomic E-state index is 11.6. The lowest BCUT2D eigenvalue weighted by Gasteiger charge is -2.05. The van der Waals surface area contributed by atoms with E-state index in [-0.39, 0.29) is 5.97 Å². The fraction of sp³-hybridized carbons (Fsp3) is 0.235. The standard InChI is InChI=1S/C17H18O2/c1-14-7-9-16(10-8-14)13-19-17(18)12-11-15-5-3-2-4-6-15/h2-10H,11-13H2,1H3. The van der Waals surface area contributed by atoms with Crippen LogP contribution in [0.25, 0.3) is 0 Å². The monoisotopic (exact) mass is 254 g/mol. The molecule has 0 atom stereocenters. The van der Waals surface area contributed by atoms with Crippen molar-refractivity contribution in [2.24, 2.45) is 0 Å². The van der Waals surface area contributed by atoms with Crippen molar-refractivity contribution in [3.8, 4) is 0 Å². The number of hydrogen-bond acceptors (Lipinski definition) is 2. The molecule has 19 heavy (non-hydrogen) atoms. The lowest BCUT2D eigenvalue weighted by molar-refractivity contribution is -0.144. The lowest BCUT2D eigenvalue weighted by atomic mass is 10.1. The van der Waals surface area contributed by atoms with Gasteiger partial charge in [-0.3, -0.25) is 4.79 Å². The Kier molecular flexibility index (Phi) is 4.73. The van der Waals surface area contributed by atoms with Crippen LogP contribution in [0.1, 0.15) is 23.1 Å². The minimum atomic E-state index is -0.149. The second-order valence-electron chi connectivity index (χ2n) is 4.63. The van der Waals surface area contributed by atoms with Gasteiger partial charge in [-0.2, -0.15) is 0 Å². The van der Waals surface area contributed by atoms with Crippen LogP contribution in [-0.2, 0) is 22.6 Å². The van der Waals surface area contributed by atoms with Crippen molar-refractivity contribution in [1.82, 2.24) is 0 Å². The Morgan fingerprint density at radius 2 is 1.63 bits per heavy atom. The third-order valence-corrected chi connectivity index (χ3v) is 2.98. The smallest absolute Gasteiger partial charge is 0.306 e. The van der Waals surface area contributed by atoms with Gasteiger partial charge in [0.2, 0.25) is 0 Å². The van der Waals surface area contributed by atoms with Crippen LogP contribution in [0.4, 0.5) is 0 Å². The normalized spacial score (nSPS) is 10.2. The summed E-state index contributed by atoms with van der Waals surface area (Å²) in [7, 11) is 0. The van der Waals surface area contributed by atoms with E-state index in [9.17, 15) is 4.79 Å². The molecule has 0 aromatic heterocycles. The predicted molar refractivity (Wildman–Crippen MR) is 75.7 cm³/mol. The molecule has 2 nitrogen and oxygen atoms in total. The molecule has 0 bridgehead atoms. The summed E-state index contributed by atoms with van der Waals surface area (Å²) in [5.41, 5.74) is 3.40. The maximum atomic E-state index is 11.6. The number of esters is 1. The van der Waals surface area contributed by atoms with Gasteiger partial charge >= 0.3 is 5.97 Å². The van der Waals surface area contributed by atoms with Crippen molar-refractivity contribution in [2.45, 2.75) is 26.4 Å². The van der Waals surface area contributed by atoms with Gasteiger partial charge in [-0.1, -0.05) is 60.2 Å². The molecule has 0 radical (unpaired) electrons. The van der Waals surface area contributed by atoms with E-state index < -0.39 is 0 Å². The van der Waals surface area contributed by atoms with Gasteiger partial charge in [0, 0.05) is 6.42 Å². The van der Waals surface area contributed by atoms with Crippen molar-refractivity contribution in [3.05, 3.63) is 71.3 Å². The molecule has 2 heteroatoms.